The van der Waals surface area contributed by atoms with Crippen LogP contribution in [0, 0.1) is 11.3 Å². The minimum Gasteiger partial charge on any atom is -0.379 e. The molecule has 3 heterocycles. The number of likely N-dealkylation sites (tertiary alicyclic amines) is 2. The van der Waals surface area contributed by atoms with E-state index in [9.17, 15) is 13.6 Å². The van der Waals surface area contributed by atoms with Gasteiger partial charge in [0.15, 0.2) is 0 Å². The van der Waals surface area contributed by atoms with Gasteiger partial charge in [0.2, 0.25) is 5.91 Å². The summed E-state index contributed by atoms with van der Waals surface area (Å²) in [5, 5.41) is 14.7. The molecule has 2 aliphatic rings. The lowest BCUT2D eigenvalue weighted by atomic mass is 10.1. The molecule has 2 aliphatic heterocycles. The molecule has 1 amide bonds. The number of hydrogen-bond acceptors (Lipinski definition) is 5. The van der Waals surface area contributed by atoms with Crippen LogP contribution in [0.2, 0.25) is 0 Å². The Morgan fingerprint density at radius 1 is 1.36 bits per heavy atom. The minimum atomic E-state index is -2.98. The number of hydrogen-bond donors (Lipinski definition) is 1. The molecule has 2 saturated heterocycles. The molecule has 0 bridgehead atoms. The van der Waals surface area contributed by atoms with Gasteiger partial charge in [-0.15, -0.1) is 0 Å². The quantitative estimate of drug-likeness (QED) is 0.876. The molecule has 8 heteroatoms. The van der Waals surface area contributed by atoms with E-state index in [1.165, 1.54) is 0 Å². The lowest BCUT2D eigenvalue weighted by molar-refractivity contribution is -0.133. The number of carbonyl (C=O) groups excluding carboxylic acids is 1. The lowest BCUT2D eigenvalue weighted by Gasteiger charge is -2.23. The number of fused-ring (bicyclic) bond motifs is 1. The number of alkyl halides is 2. The van der Waals surface area contributed by atoms with Crippen molar-refractivity contribution < 1.29 is 13.6 Å². The van der Waals surface area contributed by atoms with E-state index in [0.29, 0.717) is 13.1 Å². The number of benzene rings is 1. The summed E-state index contributed by atoms with van der Waals surface area (Å²) in [5.41, 5.74) is 0.944. The number of anilines is 1. The second-order valence-corrected chi connectivity index (χ2v) is 7.50. The van der Waals surface area contributed by atoms with Gasteiger partial charge in [0.05, 0.1) is 31.0 Å². The minimum absolute atomic E-state index is 0.0558. The highest BCUT2D eigenvalue weighted by Crippen LogP contribution is 2.32. The van der Waals surface area contributed by atoms with Gasteiger partial charge in [0.25, 0.3) is 5.92 Å². The van der Waals surface area contributed by atoms with Gasteiger partial charge in [-0.05, 0) is 6.42 Å². The van der Waals surface area contributed by atoms with Gasteiger partial charge in [0, 0.05) is 42.5 Å². The summed E-state index contributed by atoms with van der Waals surface area (Å²) in [4.78, 5) is 19.7. The second kappa shape index (κ2) is 7.32. The number of nitriles is 1. The van der Waals surface area contributed by atoms with Crippen molar-refractivity contribution in [1.82, 2.24) is 14.8 Å². The van der Waals surface area contributed by atoms with E-state index in [1.807, 2.05) is 41.4 Å². The van der Waals surface area contributed by atoms with Crippen LogP contribution in [-0.4, -0.2) is 64.9 Å². The summed E-state index contributed by atoms with van der Waals surface area (Å²) < 4.78 is 27.1. The number of rotatable bonds is 4. The Morgan fingerprint density at radius 3 is 3.00 bits per heavy atom. The van der Waals surface area contributed by atoms with Crippen LogP contribution < -0.4 is 5.32 Å². The smallest absolute Gasteiger partial charge is 0.268 e. The first kappa shape index (κ1) is 18.6. The van der Waals surface area contributed by atoms with Gasteiger partial charge < -0.3 is 10.2 Å². The number of aromatic nitrogens is 1. The molecule has 0 radical (unpaired) electrons. The third kappa shape index (κ3) is 3.76. The average Bonchev–Trinajstić information content (AvgIpc) is 3.25. The van der Waals surface area contributed by atoms with Crippen molar-refractivity contribution in [2.75, 3.05) is 31.5 Å². The molecule has 1 aromatic carbocycles. The predicted molar refractivity (Wildman–Crippen MR) is 101 cm³/mol. The molecular weight excluding hydrogens is 364 g/mol. The Bertz CT molecular complexity index is 923. The van der Waals surface area contributed by atoms with Crippen LogP contribution in [-0.2, 0) is 4.79 Å². The topological polar surface area (TPSA) is 72.3 Å². The Morgan fingerprint density at radius 2 is 2.18 bits per heavy atom. The highest BCUT2D eigenvalue weighted by atomic mass is 19.3. The normalized spacial score (nSPS) is 24.4. The van der Waals surface area contributed by atoms with E-state index in [4.69, 9.17) is 5.26 Å². The number of halogens is 2. The molecule has 4 rings (SSSR count). The SMILES string of the molecule is N#CC1CC(F)(F)CN1C(=O)CN1CCC(Nc2cncc3ccccc23)C1. The van der Waals surface area contributed by atoms with Crippen LogP contribution in [0.5, 0.6) is 0 Å². The molecule has 0 aliphatic carbocycles. The van der Waals surface area contributed by atoms with E-state index < -0.39 is 30.8 Å². The van der Waals surface area contributed by atoms with Crippen molar-refractivity contribution in [3.63, 3.8) is 0 Å². The number of amides is 1. The van der Waals surface area contributed by atoms with Crippen molar-refractivity contribution in [3.8, 4) is 6.07 Å². The summed E-state index contributed by atoms with van der Waals surface area (Å²) in [7, 11) is 0. The fourth-order valence-corrected chi connectivity index (χ4v) is 4.02. The maximum atomic E-state index is 13.6. The van der Waals surface area contributed by atoms with Crippen LogP contribution in [0.15, 0.2) is 36.7 Å². The molecule has 2 atom stereocenters. The summed E-state index contributed by atoms with van der Waals surface area (Å²) in [6.07, 6.45) is 3.87. The lowest BCUT2D eigenvalue weighted by Crippen LogP contribution is -2.43. The molecule has 1 aromatic heterocycles. The van der Waals surface area contributed by atoms with Crippen molar-refractivity contribution in [2.45, 2.75) is 30.8 Å². The number of nitrogens with zero attached hydrogens (tertiary/aromatic N) is 4. The molecule has 2 fully saturated rings. The Hall–Kier alpha value is -2.79. The maximum absolute atomic E-state index is 13.6. The maximum Gasteiger partial charge on any atom is 0.268 e. The fraction of sp³-hybridized carbons (Fsp3) is 0.450. The zero-order chi connectivity index (χ0) is 19.7. The first-order chi connectivity index (χ1) is 13.4. The molecule has 28 heavy (non-hydrogen) atoms. The third-order valence-electron chi connectivity index (χ3n) is 5.40. The van der Waals surface area contributed by atoms with E-state index in [1.54, 1.807) is 6.20 Å². The molecule has 1 N–H and O–H groups in total. The van der Waals surface area contributed by atoms with Gasteiger partial charge in [-0.3, -0.25) is 14.7 Å². The average molecular weight is 385 g/mol. The molecule has 2 aromatic rings. The first-order valence-electron chi connectivity index (χ1n) is 9.34. The van der Waals surface area contributed by atoms with Gasteiger partial charge in [0.1, 0.15) is 6.04 Å². The second-order valence-electron chi connectivity index (χ2n) is 7.50. The predicted octanol–water partition coefficient (Wildman–Crippen LogP) is 2.48. The Kier molecular flexibility index (Phi) is 4.85. The van der Waals surface area contributed by atoms with Crippen molar-refractivity contribution >= 4 is 22.4 Å². The number of nitrogens with one attached hydrogen (secondary N) is 1. The Balaban J connectivity index is 1.37. The van der Waals surface area contributed by atoms with Crippen molar-refractivity contribution in [1.29, 1.82) is 5.26 Å². The molecule has 0 saturated carbocycles. The fourth-order valence-electron chi connectivity index (χ4n) is 4.02. The van der Waals surface area contributed by atoms with Crippen LogP contribution in [0.3, 0.4) is 0 Å². The summed E-state index contributed by atoms with van der Waals surface area (Å²) in [5.74, 6) is -3.39. The molecular formula is C20H21F2N5O. The summed E-state index contributed by atoms with van der Waals surface area (Å²) >= 11 is 0. The zero-order valence-corrected chi connectivity index (χ0v) is 15.3. The van der Waals surface area contributed by atoms with Gasteiger partial charge >= 0.3 is 0 Å². The highest BCUT2D eigenvalue weighted by molar-refractivity contribution is 5.92. The molecule has 2 unspecified atom stereocenters. The monoisotopic (exact) mass is 385 g/mol. The number of pyridine rings is 1. The van der Waals surface area contributed by atoms with Crippen molar-refractivity contribution in [3.05, 3.63) is 36.7 Å². The van der Waals surface area contributed by atoms with E-state index in [2.05, 4.69) is 10.3 Å². The number of carbonyl (C=O) groups is 1. The van der Waals surface area contributed by atoms with E-state index >= 15 is 0 Å². The molecule has 146 valence electrons. The van der Waals surface area contributed by atoms with Crippen LogP contribution in [0.25, 0.3) is 10.8 Å². The largest absolute Gasteiger partial charge is 0.379 e. The van der Waals surface area contributed by atoms with Gasteiger partial charge in [-0.1, -0.05) is 24.3 Å². The van der Waals surface area contributed by atoms with Crippen LogP contribution in [0.4, 0.5) is 14.5 Å². The van der Waals surface area contributed by atoms with Gasteiger partial charge in [-0.2, -0.15) is 5.26 Å². The van der Waals surface area contributed by atoms with E-state index in [-0.39, 0.29) is 12.6 Å². The van der Waals surface area contributed by atoms with Gasteiger partial charge in [-0.25, -0.2) is 8.78 Å². The third-order valence-corrected chi connectivity index (χ3v) is 5.40. The summed E-state index contributed by atoms with van der Waals surface area (Å²) in [6.45, 7) is 0.723. The van der Waals surface area contributed by atoms with Crippen molar-refractivity contribution in [2.24, 2.45) is 0 Å². The van der Waals surface area contributed by atoms with Crippen LogP contribution in [0.1, 0.15) is 12.8 Å². The highest BCUT2D eigenvalue weighted by Gasteiger charge is 2.47. The van der Waals surface area contributed by atoms with E-state index in [0.717, 1.165) is 27.8 Å². The molecule has 0 spiro atoms. The summed E-state index contributed by atoms with van der Waals surface area (Å²) in [6, 6.07) is 8.91. The first-order valence-corrected chi connectivity index (χ1v) is 9.34. The van der Waals surface area contributed by atoms with Crippen LogP contribution >= 0.6 is 0 Å². The standard InChI is InChI=1S/C20H21F2N5O/c21-20(22)7-16(8-23)27(13-20)19(28)12-26-6-5-15(11-26)25-18-10-24-9-14-3-1-2-4-17(14)18/h1-4,9-10,15-16,25H,5-7,11-13H2. The Labute approximate surface area is 161 Å². The zero-order valence-electron chi connectivity index (χ0n) is 15.3. The molecule has 6 nitrogen and oxygen atoms in total.